The first-order valence-electron chi connectivity index (χ1n) is 10.6. The van der Waals surface area contributed by atoms with Crippen LogP contribution in [-0.4, -0.2) is 42.2 Å². The van der Waals surface area contributed by atoms with Crippen molar-refractivity contribution < 1.29 is 28.7 Å². The minimum Gasteiger partial charge on any atom is -0.497 e. The van der Waals surface area contributed by atoms with E-state index in [1.165, 1.54) is 7.11 Å². The Hall–Kier alpha value is -4.46. The third kappa shape index (κ3) is 4.80. The molecule has 0 aromatic heterocycles. The van der Waals surface area contributed by atoms with Gasteiger partial charge in [0.15, 0.2) is 0 Å². The molecule has 1 aliphatic heterocycles. The summed E-state index contributed by atoms with van der Waals surface area (Å²) in [4.78, 5) is 51.7. The minimum atomic E-state index is -1.22. The van der Waals surface area contributed by atoms with E-state index in [-0.39, 0.29) is 13.0 Å². The Morgan fingerprint density at radius 2 is 1.53 bits per heavy atom. The highest BCUT2D eigenvalue weighted by Crippen LogP contribution is 2.25. The molecular formula is C26H22N2O6. The van der Waals surface area contributed by atoms with Gasteiger partial charge >= 0.3 is 5.97 Å². The molecular weight excluding hydrogens is 436 g/mol. The van der Waals surface area contributed by atoms with E-state index in [2.05, 4.69) is 5.32 Å². The highest BCUT2D eigenvalue weighted by atomic mass is 16.5. The largest absolute Gasteiger partial charge is 0.497 e. The van der Waals surface area contributed by atoms with E-state index < -0.39 is 29.8 Å². The first-order chi connectivity index (χ1) is 16.5. The number of carbonyl (C=O) groups is 4. The molecule has 0 saturated carbocycles. The van der Waals surface area contributed by atoms with Crippen LogP contribution in [0.3, 0.4) is 0 Å². The maximum atomic E-state index is 13.0. The van der Waals surface area contributed by atoms with Gasteiger partial charge < -0.3 is 14.8 Å². The fraction of sp³-hybridized carbons (Fsp3) is 0.154. The monoisotopic (exact) mass is 458 g/mol. The van der Waals surface area contributed by atoms with E-state index in [0.717, 1.165) is 4.90 Å². The molecule has 1 aliphatic rings. The number of carbonyl (C=O) groups excluding carboxylic acids is 4. The van der Waals surface area contributed by atoms with Crippen LogP contribution in [0.1, 0.15) is 38.8 Å². The zero-order valence-corrected chi connectivity index (χ0v) is 18.4. The first kappa shape index (κ1) is 22.7. The first-order valence-corrected chi connectivity index (χ1v) is 10.6. The SMILES string of the molecule is COc1cccc(NC(=O)[C@H](OC(=O)CCN2C(=O)c3ccccc3C2=O)c2ccccc2)c1. The number of hydrogen-bond donors (Lipinski definition) is 1. The van der Waals surface area contributed by atoms with Crippen molar-refractivity contribution in [2.24, 2.45) is 0 Å². The number of anilines is 1. The van der Waals surface area contributed by atoms with E-state index in [0.29, 0.717) is 28.1 Å². The van der Waals surface area contributed by atoms with Crippen LogP contribution in [0.15, 0.2) is 78.9 Å². The third-order valence-electron chi connectivity index (χ3n) is 5.34. The highest BCUT2D eigenvalue weighted by Gasteiger charge is 2.35. The summed E-state index contributed by atoms with van der Waals surface area (Å²) in [6.45, 7) is -0.149. The lowest BCUT2D eigenvalue weighted by atomic mass is 10.1. The lowest BCUT2D eigenvalue weighted by molar-refractivity contribution is -0.154. The molecule has 0 fully saturated rings. The zero-order valence-electron chi connectivity index (χ0n) is 18.4. The predicted molar refractivity (Wildman–Crippen MR) is 123 cm³/mol. The Morgan fingerprint density at radius 1 is 0.882 bits per heavy atom. The molecule has 3 aromatic rings. The second kappa shape index (κ2) is 9.99. The molecule has 0 unspecified atom stereocenters. The maximum absolute atomic E-state index is 13.0. The fourth-order valence-corrected chi connectivity index (χ4v) is 3.65. The normalized spacial score (nSPS) is 13.3. The van der Waals surface area contributed by atoms with Gasteiger partial charge in [0, 0.05) is 23.9 Å². The van der Waals surface area contributed by atoms with Crippen LogP contribution in [0, 0.1) is 0 Å². The lowest BCUT2D eigenvalue weighted by Gasteiger charge is -2.19. The summed E-state index contributed by atoms with van der Waals surface area (Å²) < 4.78 is 10.7. The quantitative estimate of drug-likeness (QED) is 0.409. The van der Waals surface area contributed by atoms with Crippen LogP contribution in [-0.2, 0) is 14.3 Å². The average molecular weight is 458 g/mol. The summed E-state index contributed by atoms with van der Waals surface area (Å²) in [7, 11) is 1.52. The number of hydrogen-bond acceptors (Lipinski definition) is 6. The molecule has 0 bridgehead atoms. The van der Waals surface area contributed by atoms with Gasteiger partial charge in [0.05, 0.1) is 24.7 Å². The van der Waals surface area contributed by atoms with E-state index in [9.17, 15) is 19.2 Å². The maximum Gasteiger partial charge on any atom is 0.308 e. The lowest BCUT2D eigenvalue weighted by Crippen LogP contribution is -2.33. The zero-order chi connectivity index (χ0) is 24.1. The third-order valence-corrected chi connectivity index (χ3v) is 5.34. The van der Waals surface area contributed by atoms with Crippen molar-refractivity contribution in [3.05, 3.63) is 95.6 Å². The summed E-state index contributed by atoms with van der Waals surface area (Å²) in [5, 5.41) is 2.73. The van der Waals surface area contributed by atoms with Gasteiger partial charge in [-0.2, -0.15) is 0 Å². The summed E-state index contributed by atoms with van der Waals surface area (Å²) in [6, 6.07) is 21.9. The smallest absolute Gasteiger partial charge is 0.308 e. The molecule has 1 heterocycles. The van der Waals surface area contributed by atoms with Crippen LogP contribution in [0.4, 0.5) is 5.69 Å². The molecule has 1 atom stereocenters. The predicted octanol–water partition coefficient (Wildman–Crippen LogP) is 3.60. The van der Waals surface area contributed by atoms with Gasteiger partial charge in [-0.1, -0.05) is 48.5 Å². The molecule has 8 nitrogen and oxygen atoms in total. The molecule has 1 N–H and O–H groups in total. The number of amides is 3. The van der Waals surface area contributed by atoms with E-state index in [1.54, 1.807) is 78.9 Å². The number of nitrogens with one attached hydrogen (secondary N) is 1. The van der Waals surface area contributed by atoms with Gasteiger partial charge in [-0.25, -0.2) is 0 Å². The van der Waals surface area contributed by atoms with Crippen molar-refractivity contribution in [2.45, 2.75) is 12.5 Å². The number of fused-ring (bicyclic) bond motifs is 1. The van der Waals surface area contributed by atoms with Crippen molar-refractivity contribution in [3.8, 4) is 5.75 Å². The molecule has 0 aliphatic carbocycles. The number of nitrogens with zero attached hydrogens (tertiary/aromatic N) is 1. The summed E-state index contributed by atoms with van der Waals surface area (Å²) in [6.07, 6.45) is -1.47. The van der Waals surface area contributed by atoms with Crippen molar-refractivity contribution in [1.29, 1.82) is 0 Å². The van der Waals surface area contributed by atoms with Crippen LogP contribution < -0.4 is 10.1 Å². The van der Waals surface area contributed by atoms with Crippen LogP contribution >= 0.6 is 0 Å². The molecule has 0 saturated heterocycles. The summed E-state index contributed by atoms with van der Waals surface area (Å²) in [5.41, 5.74) is 1.57. The second-order valence-corrected chi connectivity index (χ2v) is 7.56. The van der Waals surface area contributed by atoms with Crippen molar-refractivity contribution in [1.82, 2.24) is 4.90 Å². The second-order valence-electron chi connectivity index (χ2n) is 7.56. The Labute approximate surface area is 196 Å². The number of methoxy groups -OCH3 is 1. The molecule has 3 aromatic carbocycles. The van der Waals surface area contributed by atoms with Crippen molar-refractivity contribution >= 4 is 29.4 Å². The Balaban J connectivity index is 1.44. The number of benzene rings is 3. The van der Waals surface area contributed by atoms with Crippen molar-refractivity contribution in [3.63, 3.8) is 0 Å². The standard InChI is InChI=1S/C26H22N2O6/c1-33-19-11-7-10-18(16-19)27-24(30)23(17-8-3-2-4-9-17)34-22(29)14-15-28-25(31)20-12-5-6-13-21(20)26(28)32/h2-13,16,23H,14-15H2,1H3,(H,27,30)/t23-/m1/s1. The number of rotatable bonds is 8. The molecule has 0 spiro atoms. The Kier molecular flexibility index (Phi) is 6.68. The van der Waals surface area contributed by atoms with Gasteiger partial charge in [0.1, 0.15) is 5.75 Å². The molecule has 34 heavy (non-hydrogen) atoms. The number of imide groups is 1. The van der Waals surface area contributed by atoms with Crippen LogP contribution in [0.2, 0.25) is 0 Å². The van der Waals surface area contributed by atoms with E-state index in [1.807, 2.05) is 0 Å². The van der Waals surface area contributed by atoms with Gasteiger partial charge in [-0.3, -0.25) is 24.1 Å². The van der Waals surface area contributed by atoms with Gasteiger partial charge in [-0.15, -0.1) is 0 Å². The molecule has 4 rings (SSSR count). The van der Waals surface area contributed by atoms with Crippen molar-refractivity contribution in [2.75, 3.05) is 19.0 Å². The molecule has 172 valence electrons. The average Bonchev–Trinajstić information content (AvgIpc) is 3.11. The Bertz CT molecular complexity index is 1210. The highest BCUT2D eigenvalue weighted by molar-refractivity contribution is 6.21. The topological polar surface area (TPSA) is 102 Å². The minimum absolute atomic E-state index is 0.149. The van der Waals surface area contributed by atoms with Crippen LogP contribution in [0.25, 0.3) is 0 Å². The van der Waals surface area contributed by atoms with Crippen LogP contribution in [0.5, 0.6) is 5.75 Å². The molecule has 3 amide bonds. The van der Waals surface area contributed by atoms with E-state index >= 15 is 0 Å². The van der Waals surface area contributed by atoms with E-state index in [4.69, 9.17) is 9.47 Å². The Morgan fingerprint density at radius 3 is 2.18 bits per heavy atom. The summed E-state index contributed by atoms with van der Waals surface area (Å²) >= 11 is 0. The number of esters is 1. The van der Waals surface area contributed by atoms with Gasteiger partial charge in [-0.05, 0) is 24.3 Å². The molecule has 0 radical (unpaired) electrons. The fourth-order valence-electron chi connectivity index (χ4n) is 3.65. The van der Waals surface area contributed by atoms with Gasteiger partial charge in [0.2, 0.25) is 6.10 Å². The summed E-state index contributed by atoms with van der Waals surface area (Å²) in [5.74, 6) is -1.61. The van der Waals surface area contributed by atoms with Gasteiger partial charge in [0.25, 0.3) is 17.7 Å². The molecule has 8 heteroatoms. The number of ether oxygens (including phenoxy) is 2.